The summed E-state index contributed by atoms with van der Waals surface area (Å²) in [7, 11) is 0. The minimum absolute atomic E-state index is 0.174. The maximum Gasteiger partial charge on any atom is 0.310 e. The first kappa shape index (κ1) is 24.2. The van der Waals surface area contributed by atoms with Gasteiger partial charge in [0, 0.05) is 17.8 Å². The van der Waals surface area contributed by atoms with E-state index in [1.54, 1.807) is 19.2 Å². The second kappa shape index (κ2) is 12.5. The number of rotatable bonds is 13. The molecule has 0 atom stereocenters. The van der Waals surface area contributed by atoms with Gasteiger partial charge in [-0.25, -0.2) is 0 Å². The lowest BCUT2D eigenvalue weighted by molar-refractivity contribution is -0.142. The van der Waals surface area contributed by atoms with Crippen molar-refractivity contribution >= 4 is 5.97 Å². The monoisotopic (exact) mass is 452 g/mol. The Morgan fingerprint density at radius 2 is 1.76 bits per heavy atom. The summed E-state index contributed by atoms with van der Waals surface area (Å²) in [5, 5.41) is 17.2. The van der Waals surface area contributed by atoms with Crippen molar-refractivity contribution in [1.82, 2.24) is 10.2 Å². The number of phenolic OH excluding ortho intramolecular Hbond substituents is 1. The van der Waals surface area contributed by atoms with Crippen LogP contribution in [-0.2, 0) is 22.4 Å². The van der Waals surface area contributed by atoms with Gasteiger partial charge in [0.1, 0.15) is 17.2 Å². The van der Waals surface area contributed by atoms with Crippen LogP contribution in [0.2, 0.25) is 0 Å². The number of nitrogens with one attached hydrogen (secondary N) is 1. The van der Waals surface area contributed by atoms with Gasteiger partial charge < -0.3 is 19.3 Å². The number of aromatic nitrogens is 2. The van der Waals surface area contributed by atoms with E-state index in [0.717, 1.165) is 59.6 Å². The maximum absolute atomic E-state index is 11.5. The van der Waals surface area contributed by atoms with Gasteiger partial charge in [-0.15, -0.1) is 0 Å². The Morgan fingerprint density at radius 1 is 1.00 bits per heavy atom. The second-order valence-electron chi connectivity index (χ2n) is 7.68. The molecule has 0 aliphatic heterocycles. The lowest BCUT2D eigenvalue weighted by atomic mass is 10.0. The normalized spacial score (nSPS) is 10.7. The molecule has 0 fully saturated rings. The molecule has 0 bridgehead atoms. The average Bonchev–Trinajstić information content (AvgIpc) is 3.34. The highest BCUT2D eigenvalue weighted by molar-refractivity contribution is 5.72. The van der Waals surface area contributed by atoms with E-state index in [-0.39, 0.29) is 18.1 Å². The fourth-order valence-electron chi connectivity index (χ4n) is 3.48. The summed E-state index contributed by atoms with van der Waals surface area (Å²) >= 11 is 0. The second-order valence-corrected chi connectivity index (χ2v) is 7.68. The van der Waals surface area contributed by atoms with Gasteiger partial charge in [-0.05, 0) is 68.0 Å². The summed E-state index contributed by atoms with van der Waals surface area (Å²) in [6, 6.07) is 13.0. The molecule has 7 heteroatoms. The number of hydrogen-bond acceptors (Lipinski definition) is 6. The van der Waals surface area contributed by atoms with Crippen LogP contribution in [0.5, 0.6) is 17.2 Å². The molecule has 7 nitrogen and oxygen atoms in total. The number of unbranched alkanes of at least 4 members (excludes halogenated alkanes) is 2. The zero-order chi connectivity index (χ0) is 23.5. The summed E-state index contributed by atoms with van der Waals surface area (Å²) in [6.45, 7) is 5.46. The van der Waals surface area contributed by atoms with E-state index >= 15 is 0 Å². The number of aromatic amines is 1. The lowest BCUT2D eigenvalue weighted by Gasteiger charge is -2.13. The fourth-order valence-corrected chi connectivity index (χ4v) is 3.48. The van der Waals surface area contributed by atoms with E-state index in [4.69, 9.17) is 14.2 Å². The molecular weight excluding hydrogens is 420 g/mol. The number of ether oxygens (including phenoxy) is 3. The fraction of sp³-hybridized carbons (Fsp3) is 0.385. The van der Waals surface area contributed by atoms with Crippen molar-refractivity contribution in [3.63, 3.8) is 0 Å². The standard InChI is InChI=1S/C26H32N2O5/c1-3-20-17-22(23-12-13-27-28-23)24(29)18-25(20)33-15-7-5-6-14-32-21-10-8-19(9-11-21)16-26(30)31-4-2/h8-13,17-18,29H,3-7,14-16H2,1-2H3,(H,27,28). The number of H-pyrrole nitrogens is 1. The van der Waals surface area contributed by atoms with Crippen LogP contribution in [0, 0.1) is 0 Å². The van der Waals surface area contributed by atoms with E-state index < -0.39 is 0 Å². The van der Waals surface area contributed by atoms with Crippen molar-refractivity contribution in [3.8, 4) is 28.5 Å². The van der Waals surface area contributed by atoms with Gasteiger partial charge in [0.15, 0.2) is 0 Å². The maximum atomic E-state index is 11.5. The number of carbonyl (C=O) groups is 1. The van der Waals surface area contributed by atoms with Crippen LogP contribution in [0.15, 0.2) is 48.7 Å². The summed E-state index contributed by atoms with van der Waals surface area (Å²) in [5.74, 6) is 1.47. The molecule has 0 amide bonds. The van der Waals surface area contributed by atoms with Crippen LogP contribution in [0.4, 0.5) is 0 Å². The van der Waals surface area contributed by atoms with E-state index in [1.807, 2.05) is 36.4 Å². The summed E-state index contributed by atoms with van der Waals surface area (Å²) in [5.41, 5.74) is 3.46. The topological polar surface area (TPSA) is 93.7 Å². The number of carbonyl (C=O) groups excluding carboxylic acids is 1. The van der Waals surface area contributed by atoms with Gasteiger partial charge >= 0.3 is 5.97 Å². The number of hydrogen-bond donors (Lipinski definition) is 2. The highest BCUT2D eigenvalue weighted by atomic mass is 16.5. The Labute approximate surface area is 194 Å². The minimum Gasteiger partial charge on any atom is -0.507 e. The van der Waals surface area contributed by atoms with Crippen molar-refractivity contribution in [1.29, 1.82) is 0 Å². The summed E-state index contributed by atoms with van der Waals surface area (Å²) in [4.78, 5) is 11.5. The number of aromatic hydroxyl groups is 1. The Balaban J connectivity index is 1.36. The van der Waals surface area contributed by atoms with Gasteiger partial charge in [-0.3, -0.25) is 9.89 Å². The summed E-state index contributed by atoms with van der Waals surface area (Å²) < 4.78 is 16.7. The smallest absolute Gasteiger partial charge is 0.310 e. The van der Waals surface area contributed by atoms with Crippen LogP contribution in [0.25, 0.3) is 11.3 Å². The Morgan fingerprint density at radius 3 is 2.42 bits per heavy atom. The molecule has 2 aromatic carbocycles. The molecular formula is C26H32N2O5. The van der Waals surface area contributed by atoms with Gasteiger partial charge in [-0.2, -0.15) is 5.10 Å². The van der Waals surface area contributed by atoms with Crippen molar-refractivity contribution in [2.45, 2.75) is 46.0 Å². The quantitative estimate of drug-likeness (QED) is 0.278. The Kier molecular flexibility index (Phi) is 9.18. The van der Waals surface area contributed by atoms with Crippen molar-refractivity contribution in [2.24, 2.45) is 0 Å². The highest BCUT2D eigenvalue weighted by Gasteiger charge is 2.12. The SMILES string of the molecule is CCOC(=O)Cc1ccc(OCCCCCOc2cc(O)c(-c3ccn[nH]3)cc2CC)cc1. The number of phenols is 1. The van der Waals surface area contributed by atoms with Gasteiger partial charge in [0.2, 0.25) is 0 Å². The van der Waals surface area contributed by atoms with Crippen LogP contribution >= 0.6 is 0 Å². The number of nitrogens with zero attached hydrogens (tertiary/aromatic N) is 1. The van der Waals surface area contributed by atoms with Gasteiger partial charge in [0.25, 0.3) is 0 Å². The molecule has 0 spiro atoms. The predicted molar refractivity (Wildman–Crippen MR) is 127 cm³/mol. The largest absolute Gasteiger partial charge is 0.507 e. The van der Waals surface area contributed by atoms with Gasteiger partial charge in [0.05, 0.1) is 31.9 Å². The minimum atomic E-state index is -0.219. The van der Waals surface area contributed by atoms with Crippen LogP contribution in [0.3, 0.4) is 0 Å². The number of aryl methyl sites for hydroxylation is 1. The molecule has 33 heavy (non-hydrogen) atoms. The molecule has 0 aliphatic carbocycles. The van der Waals surface area contributed by atoms with E-state index in [0.29, 0.717) is 19.8 Å². The molecule has 0 unspecified atom stereocenters. The lowest BCUT2D eigenvalue weighted by Crippen LogP contribution is -2.07. The van der Waals surface area contributed by atoms with E-state index in [2.05, 4.69) is 17.1 Å². The molecule has 1 heterocycles. The third-order valence-electron chi connectivity index (χ3n) is 5.24. The first-order valence-electron chi connectivity index (χ1n) is 11.5. The van der Waals surface area contributed by atoms with Crippen molar-refractivity contribution < 1.29 is 24.1 Å². The van der Waals surface area contributed by atoms with E-state index in [1.165, 1.54) is 0 Å². The molecule has 2 N–H and O–H groups in total. The zero-order valence-corrected chi connectivity index (χ0v) is 19.3. The molecule has 0 radical (unpaired) electrons. The van der Waals surface area contributed by atoms with Gasteiger partial charge in [-0.1, -0.05) is 19.1 Å². The first-order valence-corrected chi connectivity index (χ1v) is 11.5. The van der Waals surface area contributed by atoms with Crippen molar-refractivity contribution in [3.05, 3.63) is 59.8 Å². The summed E-state index contributed by atoms with van der Waals surface area (Å²) in [6.07, 6.45) is 5.53. The molecule has 176 valence electrons. The van der Waals surface area contributed by atoms with E-state index in [9.17, 15) is 9.90 Å². The first-order chi connectivity index (χ1) is 16.1. The average molecular weight is 453 g/mol. The Bertz CT molecular complexity index is 1000. The molecule has 0 saturated heterocycles. The predicted octanol–water partition coefficient (Wildman–Crippen LogP) is 5.08. The molecule has 3 aromatic rings. The third kappa shape index (κ3) is 7.27. The number of esters is 1. The Hall–Kier alpha value is -3.48. The molecule has 0 saturated carbocycles. The molecule has 3 rings (SSSR count). The molecule has 0 aliphatic rings. The van der Waals surface area contributed by atoms with Crippen LogP contribution in [0.1, 0.15) is 44.2 Å². The number of benzene rings is 2. The van der Waals surface area contributed by atoms with Crippen molar-refractivity contribution in [2.75, 3.05) is 19.8 Å². The third-order valence-corrected chi connectivity index (χ3v) is 5.24. The highest BCUT2D eigenvalue weighted by Crippen LogP contribution is 2.34. The van der Waals surface area contributed by atoms with Crippen LogP contribution in [-0.4, -0.2) is 41.1 Å². The zero-order valence-electron chi connectivity index (χ0n) is 19.3. The van der Waals surface area contributed by atoms with Crippen LogP contribution < -0.4 is 9.47 Å². The molecule has 1 aromatic heterocycles.